The lowest BCUT2D eigenvalue weighted by Crippen LogP contribution is -2.53. The molecule has 0 atom stereocenters. The van der Waals surface area contributed by atoms with Crippen LogP contribution in [0.5, 0.6) is 0 Å². The zero-order chi connectivity index (χ0) is 18.9. The fraction of sp³-hybridized carbons (Fsp3) is 0.900. The van der Waals surface area contributed by atoms with E-state index in [2.05, 4.69) is 15.1 Å². The minimum Gasteiger partial charge on any atom is -0.378 e. The van der Waals surface area contributed by atoms with Gasteiger partial charge in [-0.3, -0.25) is 19.4 Å². The molecule has 1 saturated carbocycles. The average molecular weight is 381 g/mol. The van der Waals surface area contributed by atoms with Gasteiger partial charge in [-0.2, -0.15) is 0 Å². The highest BCUT2D eigenvalue weighted by Crippen LogP contribution is 2.17. The van der Waals surface area contributed by atoms with Gasteiger partial charge in [-0.15, -0.1) is 0 Å². The van der Waals surface area contributed by atoms with Gasteiger partial charge >= 0.3 is 0 Å². The first kappa shape index (κ1) is 20.6. The van der Waals surface area contributed by atoms with E-state index in [4.69, 9.17) is 4.74 Å². The second-order valence-corrected chi connectivity index (χ2v) is 8.16. The molecule has 2 aliphatic heterocycles. The molecule has 2 saturated heterocycles. The Morgan fingerprint density at radius 2 is 1.33 bits per heavy atom. The third kappa shape index (κ3) is 7.05. The number of carbonyl (C=O) groups excluding carboxylic acids is 2. The number of ether oxygens (including phenoxy) is 1. The van der Waals surface area contributed by atoms with Crippen LogP contribution >= 0.6 is 0 Å². The summed E-state index contributed by atoms with van der Waals surface area (Å²) in [5.41, 5.74) is 0. The van der Waals surface area contributed by atoms with E-state index in [0.717, 1.165) is 39.0 Å². The van der Waals surface area contributed by atoms with Gasteiger partial charge in [0.25, 0.3) is 0 Å². The number of nitrogens with zero attached hydrogens (tertiary/aromatic N) is 3. The zero-order valence-electron chi connectivity index (χ0n) is 16.7. The zero-order valence-corrected chi connectivity index (χ0v) is 16.7. The predicted octanol–water partition coefficient (Wildman–Crippen LogP) is 0.692. The first-order chi connectivity index (χ1) is 13.2. The Morgan fingerprint density at radius 3 is 1.96 bits per heavy atom. The Hall–Kier alpha value is -1.18. The minimum absolute atomic E-state index is 0.165. The fourth-order valence-electron chi connectivity index (χ4n) is 4.29. The molecule has 0 aromatic rings. The monoisotopic (exact) mass is 380 g/mol. The minimum atomic E-state index is 0.165. The van der Waals surface area contributed by atoms with Gasteiger partial charge in [-0.25, -0.2) is 0 Å². The first-order valence-electron chi connectivity index (χ1n) is 10.8. The molecule has 0 bridgehead atoms. The highest BCUT2D eigenvalue weighted by atomic mass is 16.5. The second-order valence-electron chi connectivity index (χ2n) is 8.16. The van der Waals surface area contributed by atoms with Crippen LogP contribution in [0, 0.1) is 0 Å². The van der Waals surface area contributed by atoms with E-state index in [0.29, 0.717) is 45.4 Å². The Morgan fingerprint density at radius 1 is 0.778 bits per heavy atom. The van der Waals surface area contributed by atoms with E-state index in [-0.39, 0.29) is 11.8 Å². The standard InChI is InChI=1S/C20H36N4O3/c25-19(21-18-6-4-2-1-3-5-7-18)16-22-8-10-23(11-9-22)17-20(26)24-12-14-27-15-13-24/h18H,1-17H2,(H,21,25). The summed E-state index contributed by atoms with van der Waals surface area (Å²) < 4.78 is 5.31. The largest absolute Gasteiger partial charge is 0.378 e. The topological polar surface area (TPSA) is 65.1 Å². The molecule has 27 heavy (non-hydrogen) atoms. The molecule has 2 heterocycles. The van der Waals surface area contributed by atoms with Gasteiger partial charge < -0.3 is 15.0 Å². The number of carbonyl (C=O) groups is 2. The molecule has 7 nitrogen and oxygen atoms in total. The van der Waals surface area contributed by atoms with Crippen molar-refractivity contribution < 1.29 is 14.3 Å². The normalized spacial score (nSPS) is 24.2. The van der Waals surface area contributed by atoms with E-state index in [1.807, 2.05) is 4.90 Å². The molecule has 154 valence electrons. The van der Waals surface area contributed by atoms with Crippen LogP contribution in [-0.4, -0.2) is 98.1 Å². The molecule has 3 aliphatic rings. The van der Waals surface area contributed by atoms with Gasteiger partial charge in [0, 0.05) is 45.3 Å². The van der Waals surface area contributed by atoms with Crippen molar-refractivity contribution in [1.29, 1.82) is 0 Å². The highest BCUT2D eigenvalue weighted by molar-refractivity contribution is 5.79. The molecule has 1 N–H and O–H groups in total. The van der Waals surface area contributed by atoms with E-state index in [1.165, 1.54) is 32.1 Å². The van der Waals surface area contributed by atoms with Crippen LogP contribution in [0.4, 0.5) is 0 Å². The lowest BCUT2D eigenvalue weighted by molar-refractivity contribution is -0.137. The summed E-state index contributed by atoms with van der Waals surface area (Å²) in [6.07, 6.45) is 8.68. The molecule has 0 aromatic heterocycles. The summed E-state index contributed by atoms with van der Waals surface area (Å²) in [6.45, 7) is 7.11. The predicted molar refractivity (Wildman–Crippen MR) is 105 cm³/mol. The van der Waals surface area contributed by atoms with E-state index in [9.17, 15) is 9.59 Å². The molecule has 0 radical (unpaired) electrons. The lowest BCUT2D eigenvalue weighted by Gasteiger charge is -2.36. The lowest BCUT2D eigenvalue weighted by atomic mass is 9.97. The maximum absolute atomic E-state index is 12.4. The van der Waals surface area contributed by atoms with Crippen molar-refractivity contribution in [3.05, 3.63) is 0 Å². The molecule has 1 aliphatic carbocycles. The van der Waals surface area contributed by atoms with E-state index in [1.54, 1.807) is 0 Å². The summed E-state index contributed by atoms with van der Waals surface area (Å²) in [5, 5.41) is 3.25. The number of nitrogens with one attached hydrogen (secondary N) is 1. The van der Waals surface area contributed by atoms with Gasteiger partial charge in [0.2, 0.25) is 11.8 Å². The summed E-state index contributed by atoms with van der Waals surface area (Å²) >= 11 is 0. The Bertz CT molecular complexity index is 466. The first-order valence-corrected chi connectivity index (χ1v) is 10.8. The van der Waals surface area contributed by atoms with Crippen LogP contribution < -0.4 is 5.32 Å². The number of piperazine rings is 1. The average Bonchev–Trinajstić information content (AvgIpc) is 2.66. The van der Waals surface area contributed by atoms with Crippen LogP contribution in [-0.2, 0) is 14.3 Å². The molecule has 0 unspecified atom stereocenters. The van der Waals surface area contributed by atoms with Crippen LogP contribution in [0.3, 0.4) is 0 Å². The van der Waals surface area contributed by atoms with Gasteiger partial charge in [0.05, 0.1) is 26.3 Å². The summed E-state index contributed by atoms with van der Waals surface area (Å²) in [7, 11) is 0. The molecule has 0 spiro atoms. The number of hydrogen-bond donors (Lipinski definition) is 1. The van der Waals surface area contributed by atoms with Crippen molar-refractivity contribution >= 4 is 11.8 Å². The third-order valence-electron chi connectivity index (χ3n) is 6.03. The van der Waals surface area contributed by atoms with Crippen LogP contribution in [0.15, 0.2) is 0 Å². The number of rotatable bonds is 5. The summed E-state index contributed by atoms with van der Waals surface area (Å²) in [5.74, 6) is 0.368. The maximum Gasteiger partial charge on any atom is 0.236 e. The Kier molecular flexibility index (Phi) is 8.35. The van der Waals surface area contributed by atoms with Crippen LogP contribution in [0.25, 0.3) is 0 Å². The molecular formula is C20H36N4O3. The van der Waals surface area contributed by atoms with E-state index >= 15 is 0 Å². The molecule has 0 aromatic carbocycles. The summed E-state index contributed by atoms with van der Waals surface area (Å²) in [4.78, 5) is 31.1. The number of morpholine rings is 1. The maximum atomic E-state index is 12.4. The smallest absolute Gasteiger partial charge is 0.236 e. The van der Waals surface area contributed by atoms with Crippen molar-refractivity contribution in [3.63, 3.8) is 0 Å². The Balaban J connectivity index is 1.32. The van der Waals surface area contributed by atoms with Crippen LogP contribution in [0.1, 0.15) is 44.9 Å². The molecule has 3 fully saturated rings. The van der Waals surface area contributed by atoms with Crippen molar-refractivity contribution in [3.8, 4) is 0 Å². The fourth-order valence-corrected chi connectivity index (χ4v) is 4.29. The van der Waals surface area contributed by atoms with Gasteiger partial charge in [0.1, 0.15) is 0 Å². The summed E-state index contributed by atoms with van der Waals surface area (Å²) in [6, 6.07) is 0.366. The number of hydrogen-bond acceptors (Lipinski definition) is 5. The quantitative estimate of drug-likeness (QED) is 0.760. The SMILES string of the molecule is O=C(CN1CCN(CC(=O)N2CCOCC2)CC1)NC1CCCCCCC1. The van der Waals surface area contributed by atoms with Crippen molar-refractivity contribution in [2.75, 3.05) is 65.6 Å². The highest BCUT2D eigenvalue weighted by Gasteiger charge is 2.24. The molecule has 3 rings (SSSR count). The third-order valence-corrected chi connectivity index (χ3v) is 6.03. The second kappa shape index (κ2) is 11.0. The van der Waals surface area contributed by atoms with Gasteiger partial charge in [0.15, 0.2) is 0 Å². The molecule has 7 heteroatoms. The van der Waals surface area contributed by atoms with Crippen LogP contribution in [0.2, 0.25) is 0 Å². The van der Waals surface area contributed by atoms with Crippen molar-refractivity contribution in [2.45, 2.75) is 51.0 Å². The van der Waals surface area contributed by atoms with Gasteiger partial charge in [-0.1, -0.05) is 32.1 Å². The number of amides is 2. The molecular weight excluding hydrogens is 344 g/mol. The van der Waals surface area contributed by atoms with Crippen molar-refractivity contribution in [1.82, 2.24) is 20.0 Å². The molecule has 2 amide bonds. The van der Waals surface area contributed by atoms with Gasteiger partial charge in [-0.05, 0) is 12.8 Å². The van der Waals surface area contributed by atoms with E-state index < -0.39 is 0 Å². The van der Waals surface area contributed by atoms with Crippen molar-refractivity contribution in [2.24, 2.45) is 0 Å². The Labute approximate surface area is 163 Å².